The molecule has 1 saturated carbocycles. The molecule has 0 spiro atoms. The molecule has 1 aromatic rings. The van der Waals surface area contributed by atoms with Crippen LogP contribution >= 0.6 is 0 Å². The van der Waals surface area contributed by atoms with Crippen LogP contribution in [-0.2, 0) is 4.74 Å². The summed E-state index contributed by atoms with van der Waals surface area (Å²) >= 11 is 0. The molecule has 1 fully saturated rings. The Morgan fingerprint density at radius 1 is 1.38 bits per heavy atom. The number of amides is 2. The smallest absolute Gasteiger partial charge is 0.319 e. The molecule has 0 radical (unpaired) electrons. The predicted octanol–water partition coefficient (Wildman–Crippen LogP) is 1.87. The highest BCUT2D eigenvalue weighted by Gasteiger charge is 2.21. The maximum Gasteiger partial charge on any atom is 0.319 e. The number of nitrogens with one attached hydrogen (secondary N) is 2. The van der Waals surface area contributed by atoms with Crippen molar-refractivity contribution in [1.29, 1.82) is 0 Å². The highest BCUT2D eigenvalue weighted by Crippen LogP contribution is 2.28. The van der Waals surface area contributed by atoms with Crippen LogP contribution in [0, 0.1) is 17.6 Å². The van der Waals surface area contributed by atoms with Crippen molar-refractivity contribution in [2.75, 3.05) is 25.1 Å². The number of urea groups is 1. The topological polar surface area (TPSA) is 70.6 Å². The summed E-state index contributed by atoms with van der Waals surface area (Å²) in [5.74, 6) is -1.41. The van der Waals surface area contributed by atoms with E-state index >= 15 is 0 Å². The summed E-state index contributed by atoms with van der Waals surface area (Å²) in [6.07, 6.45) is 1.54. The Morgan fingerprint density at radius 3 is 2.81 bits per heavy atom. The highest BCUT2D eigenvalue weighted by molar-refractivity contribution is 5.89. The standard InChI is InChI=1S/C14H18F2N2O3/c15-12-4-3-10(5-13(12)16)18-14(20)17-6-11(19)8-21-7-9-1-2-9/h3-5,9,11,19H,1-2,6-8H2,(H2,17,18,20). The van der Waals surface area contributed by atoms with Crippen LogP contribution < -0.4 is 10.6 Å². The van der Waals surface area contributed by atoms with Crippen LogP contribution in [0.15, 0.2) is 18.2 Å². The minimum Gasteiger partial charge on any atom is -0.389 e. The molecule has 21 heavy (non-hydrogen) atoms. The first-order valence-corrected chi connectivity index (χ1v) is 6.80. The fraction of sp³-hybridized carbons (Fsp3) is 0.500. The molecule has 1 unspecified atom stereocenters. The summed E-state index contributed by atoms with van der Waals surface area (Å²) in [5, 5.41) is 14.4. The van der Waals surface area contributed by atoms with Gasteiger partial charge in [-0.15, -0.1) is 0 Å². The fourth-order valence-electron chi connectivity index (χ4n) is 1.67. The normalized spacial score (nSPS) is 15.6. The van der Waals surface area contributed by atoms with Crippen molar-refractivity contribution in [1.82, 2.24) is 5.32 Å². The van der Waals surface area contributed by atoms with E-state index in [1.54, 1.807) is 0 Å². The average molecular weight is 300 g/mol. The number of ether oxygens (including phenoxy) is 1. The third-order valence-corrected chi connectivity index (χ3v) is 3.04. The van der Waals surface area contributed by atoms with Crippen LogP contribution in [0.4, 0.5) is 19.3 Å². The van der Waals surface area contributed by atoms with Crippen LogP contribution in [0.1, 0.15) is 12.8 Å². The van der Waals surface area contributed by atoms with Gasteiger partial charge in [0.25, 0.3) is 0 Å². The third kappa shape index (κ3) is 5.65. The number of benzene rings is 1. The first-order valence-electron chi connectivity index (χ1n) is 6.80. The first kappa shape index (κ1) is 15.7. The van der Waals surface area contributed by atoms with E-state index in [0.717, 1.165) is 12.1 Å². The van der Waals surface area contributed by atoms with Crippen molar-refractivity contribution in [3.8, 4) is 0 Å². The molecule has 2 rings (SSSR count). The molecule has 116 valence electrons. The van der Waals surface area contributed by atoms with Gasteiger partial charge in [0.15, 0.2) is 11.6 Å². The van der Waals surface area contributed by atoms with Gasteiger partial charge in [-0.3, -0.25) is 0 Å². The van der Waals surface area contributed by atoms with Gasteiger partial charge in [-0.05, 0) is 30.9 Å². The molecule has 1 aliphatic rings. The number of halogens is 2. The van der Waals surface area contributed by atoms with E-state index in [1.807, 2.05) is 0 Å². The van der Waals surface area contributed by atoms with Crippen LogP contribution in [0.2, 0.25) is 0 Å². The Bertz CT molecular complexity index is 495. The zero-order valence-corrected chi connectivity index (χ0v) is 11.4. The molecule has 0 aromatic heterocycles. The van der Waals surface area contributed by atoms with E-state index in [9.17, 15) is 18.7 Å². The number of carbonyl (C=O) groups is 1. The van der Waals surface area contributed by atoms with E-state index in [2.05, 4.69) is 10.6 Å². The number of hydrogen-bond acceptors (Lipinski definition) is 3. The monoisotopic (exact) mass is 300 g/mol. The van der Waals surface area contributed by atoms with Crippen molar-refractivity contribution in [3.05, 3.63) is 29.8 Å². The van der Waals surface area contributed by atoms with Gasteiger partial charge in [-0.25, -0.2) is 13.6 Å². The summed E-state index contributed by atoms with van der Waals surface area (Å²) in [6, 6.07) is 2.44. The van der Waals surface area contributed by atoms with E-state index in [4.69, 9.17) is 4.74 Å². The molecule has 1 atom stereocenters. The van der Waals surface area contributed by atoms with Gasteiger partial charge in [0.05, 0.1) is 12.7 Å². The summed E-state index contributed by atoms with van der Waals surface area (Å²) in [7, 11) is 0. The fourth-order valence-corrected chi connectivity index (χ4v) is 1.67. The molecule has 1 aromatic carbocycles. The number of aliphatic hydroxyl groups is 1. The number of aliphatic hydroxyl groups excluding tert-OH is 1. The van der Waals surface area contributed by atoms with Crippen molar-refractivity contribution in [2.24, 2.45) is 5.92 Å². The maximum absolute atomic E-state index is 13.0. The number of anilines is 1. The van der Waals surface area contributed by atoms with Gasteiger partial charge in [0.2, 0.25) is 0 Å². The Morgan fingerprint density at radius 2 is 2.14 bits per heavy atom. The largest absolute Gasteiger partial charge is 0.389 e. The minimum atomic E-state index is -1.04. The van der Waals surface area contributed by atoms with Gasteiger partial charge >= 0.3 is 6.03 Å². The zero-order valence-electron chi connectivity index (χ0n) is 11.4. The molecule has 7 heteroatoms. The summed E-state index contributed by atoms with van der Waals surface area (Å²) in [4.78, 5) is 11.5. The van der Waals surface area contributed by atoms with Gasteiger partial charge in [-0.1, -0.05) is 0 Å². The SMILES string of the molecule is O=C(NCC(O)COCC1CC1)Nc1ccc(F)c(F)c1. The van der Waals surface area contributed by atoms with Crippen LogP contribution in [0.25, 0.3) is 0 Å². The van der Waals surface area contributed by atoms with Gasteiger partial charge in [0.1, 0.15) is 0 Å². The van der Waals surface area contributed by atoms with Crippen LogP contribution in [0.3, 0.4) is 0 Å². The van der Waals surface area contributed by atoms with Crippen molar-refractivity contribution < 1.29 is 23.4 Å². The van der Waals surface area contributed by atoms with Gasteiger partial charge in [0, 0.05) is 24.9 Å². The second-order valence-electron chi connectivity index (χ2n) is 5.10. The van der Waals surface area contributed by atoms with Crippen LogP contribution in [-0.4, -0.2) is 37.0 Å². The number of carbonyl (C=O) groups excluding carboxylic acids is 1. The lowest BCUT2D eigenvalue weighted by molar-refractivity contribution is 0.0339. The summed E-state index contributed by atoms with van der Waals surface area (Å²) < 4.78 is 31.0. The zero-order chi connectivity index (χ0) is 15.2. The van der Waals surface area contributed by atoms with E-state index in [-0.39, 0.29) is 18.8 Å². The molecule has 0 saturated heterocycles. The van der Waals surface area contributed by atoms with Crippen molar-refractivity contribution >= 4 is 11.7 Å². The molecular formula is C14H18F2N2O3. The summed E-state index contributed by atoms with van der Waals surface area (Å²) in [6.45, 7) is 0.806. The molecule has 0 heterocycles. The van der Waals surface area contributed by atoms with E-state index < -0.39 is 23.8 Å². The van der Waals surface area contributed by atoms with Gasteiger partial charge < -0.3 is 20.5 Å². The quantitative estimate of drug-likeness (QED) is 0.720. The first-order chi connectivity index (χ1) is 10.0. The Hall–Kier alpha value is -1.73. The second-order valence-corrected chi connectivity index (χ2v) is 5.10. The van der Waals surface area contributed by atoms with Crippen LogP contribution in [0.5, 0.6) is 0 Å². The van der Waals surface area contributed by atoms with E-state index in [0.29, 0.717) is 12.5 Å². The maximum atomic E-state index is 13.0. The Balaban J connectivity index is 1.64. The lowest BCUT2D eigenvalue weighted by Gasteiger charge is -2.13. The molecule has 3 N–H and O–H groups in total. The van der Waals surface area contributed by atoms with Gasteiger partial charge in [-0.2, -0.15) is 0 Å². The summed E-state index contributed by atoms with van der Waals surface area (Å²) in [5.41, 5.74) is 0.130. The number of rotatable bonds is 7. The lowest BCUT2D eigenvalue weighted by Crippen LogP contribution is -2.37. The lowest BCUT2D eigenvalue weighted by atomic mass is 10.3. The molecule has 0 aliphatic heterocycles. The number of hydrogen-bond donors (Lipinski definition) is 3. The van der Waals surface area contributed by atoms with Crippen molar-refractivity contribution in [3.63, 3.8) is 0 Å². The molecule has 5 nitrogen and oxygen atoms in total. The third-order valence-electron chi connectivity index (χ3n) is 3.04. The predicted molar refractivity (Wildman–Crippen MR) is 72.9 cm³/mol. The molecule has 2 amide bonds. The Kier molecular flexibility index (Phi) is 5.46. The molecule has 0 bridgehead atoms. The second kappa shape index (κ2) is 7.33. The highest BCUT2D eigenvalue weighted by atomic mass is 19.2. The van der Waals surface area contributed by atoms with Crippen molar-refractivity contribution in [2.45, 2.75) is 18.9 Å². The molecular weight excluding hydrogens is 282 g/mol. The Labute approximate surface area is 121 Å². The average Bonchev–Trinajstić information content (AvgIpc) is 3.25. The van der Waals surface area contributed by atoms with E-state index in [1.165, 1.54) is 18.9 Å². The minimum absolute atomic E-state index is 0.0141. The molecule has 1 aliphatic carbocycles.